The van der Waals surface area contributed by atoms with Crippen molar-refractivity contribution in [1.82, 2.24) is 40.3 Å². The van der Waals surface area contributed by atoms with Crippen molar-refractivity contribution < 1.29 is 23.9 Å². The summed E-state index contributed by atoms with van der Waals surface area (Å²) in [7, 11) is 1.53. The van der Waals surface area contributed by atoms with Gasteiger partial charge in [-0.15, -0.1) is 0 Å². The topological polar surface area (TPSA) is 153 Å². The lowest BCUT2D eigenvalue weighted by Gasteiger charge is -2.26. The van der Waals surface area contributed by atoms with Crippen molar-refractivity contribution >= 4 is 17.7 Å². The first-order valence-electron chi connectivity index (χ1n) is 14.3. The highest BCUT2D eigenvalue weighted by molar-refractivity contribution is 5.96. The first-order valence-corrected chi connectivity index (χ1v) is 14.3. The number of hydrogen-bond donors (Lipinski definition) is 2. The Morgan fingerprint density at radius 1 is 1.07 bits per heavy atom. The lowest BCUT2D eigenvalue weighted by atomic mass is 10.0. The van der Waals surface area contributed by atoms with E-state index < -0.39 is 17.9 Å². The quantitative estimate of drug-likeness (QED) is 0.361. The molecule has 13 heteroatoms. The Morgan fingerprint density at radius 3 is 2.61 bits per heavy atom. The normalized spacial score (nSPS) is 16.3. The number of nitrogens with one attached hydrogen (secondary N) is 2. The average Bonchev–Trinajstić information content (AvgIpc) is 3.46. The van der Waals surface area contributed by atoms with Crippen molar-refractivity contribution in [3.63, 3.8) is 0 Å². The molecule has 13 nitrogen and oxygen atoms in total. The van der Waals surface area contributed by atoms with Gasteiger partial charge in [0.2, 0.25) is 5.91 Å². The highest BCUT2D eigenvalue weighted by Crippen LogP contribution is 2.29. The summed E-state index contributed by atoms with van der Waals surface area (Å²) >= 11 is 0. The molecule has 1 atom stereocenters. The molecule has 1 aliphatic rings. The number of methoxy groups -OCH3 is 1. The Hall–Kier alpha value is -5.33. The van der Waals surface area contributed by atoms with Crippen LogP contribution < -0.4 is 20.1 Å². The zero-order chi connectivity index (χ0) is 31.1. The average molecular weight is 599 g/mol. The molecule has 2 N–H and O–H groups in total. The fourth-order valence-electron chi connectivity index (χ4n) is 4.78. The van der Waals surface area contributed by atoms with Gasteiger partial charge >= 0.3 is 0 Å². The van der Waals surface area contributed by atoms with Crippen molar-refractivity contribution in [2.24, 2.45) is 5.92 Å². The predicted octanol–water partition coefficient (Wildman–Crippen LogP) is 2.52. The van der Waals surface area contributed by atoms with E-state index in [4.69, 9.17) is 19.6 Å². The van der Waals surface area contributed by atoms with Crippen LogP contribution in [0.3, 0.4) is 0 Å². The van der Waals surface area contributed by atoms with Crippen LogP contribution in [-0.4, -0.2) is 80.7 Å². The van der Waals surface area contributed by atoms with Crippen molar-refractivity contribution in [3.8, 4) is 22.9 Å². The lowest BCUT2D eigenvalue weighted by molar-refractivity contribution is -0.123. The van der Waals surface area contributed by atoms with E-state index >= 15 is 0 Å². The van der Waals surface area contributed by atoms with Crippen LogP contribution >= 0.6 is 0 Å². The Kier molecular flexibility index (Phi) is 9.43. The highest BCUT2D eigenvalue weighted by Gasteiger charge is 2.28. The number of hydrogen-bond acceptors (Lipinski definition) is 9. The summed E-state index contributed by atoms with van der Waals surface area (Å²) in [4.78, 5) is 54.2. The molecule has 0 saturated carbocycles. The summed E-state index contributed by atoms with van der Waals surface area (Å²) in [5.74, 6) is 0.572. The van der Waals surface area contributed by atoms with Crippen LogP contribution in [-0.2, 0) is 11.3 Å². The van der Waals surface area contributed by atoms with E-state index in [9.17, 15) is 14.4 Å². The van der Waals surface area contributed by atoms with Gasteiger partial charge in [-0.25, -0.2) is 14.6 Å². The molecule has 0 fully saturated rings. The zero-order valence-electron chi connectivity index (χ0n) is 24.8. The van der Waals surface area contributed by atoms with E-state index in [1.807, 2.05) is 44.2 Å². The monoisotopic (exact) mass is 598 g/mol. The third-order valence-corrected chi connectivity index (χ3v) is 7.05. The molecule has 3 amide bonds. The van der Waals surface area contributed by atoms with E-state index in [1.54, 1.807) is 22.9 Å². The van der Waals surface area contributed by atoms with Crippen LogP contribution in [0.25, 0.3) is 11.4 Å². The number of nitrogens with zero attached hydrogens (tertiary/aromatic N) is 6. The summed E-state index contributed by atoms with van der Waals surface area (Å²) in [6.45, 7) is 4.29. The van der Waals surface area contributed by atoms with Crippen LogP contribution in [0.5, 0.6) is 11.5 Å². The second-order valence-electron chi connectivity index (χ2n) is 10.5. The van der Waals surface area contributed by atoms with Crippen molar-refractivity contribution in [1.29, 1.82) is 0 Å². The van der Waals surface area contributed by atoms with Gasteiger partial charge in [0.15, 0.2) is 23.1 Å². The molecule has 0 saturated heterocycles. The number of carbonyl (C=O) groups excluding carboxylic acids is 3. The molecule has 4 aromatic rings. The molecule has 228 valence electrons. The Bertz CT molecular complexity index is 1610. The van der Waals surface area contributed by atoms with Crippen molar-refractivity contribution in [2.75, 3.05) is 33.4 Å². The predicted molar refractivity (Wildman–Crippen MR) is 160 cm³/mol. The summed E-state index contributed by atoms with van der Waals surface area (Å²) < 4.78 is 13.3. The standard InChI is InChI=1S/C31H34N8O5/c1-20(2)27-29-36-28(21-7-5-4-6-8-21)37-39(29)15-16-44-25-17-22(9-10-24(25)43-3)30(41)34-13-14-38(19-26(40)35-27)31(42)23-18-32-11-12-33-23/h4-12,17-18,20,27H,13-16,19H2,1-3H3,(H,34,41)(H,35,40)/t27-/m1/s1. The third kappa shape index (κ3) is 7.00. The fraction of sp³-hybridized carbons (Fsp3) is 0.323. The molecule has 0 unspecified atom stereocenters. The van der Waals surface area contributed by atoms with E-state index in [-0.39, 0.29) is 43.8 Å². The number of amides is 3. The summed E-state index contributed by atoms with van der Waals surface area (Å²) in [6, 6.07) is 13.9. The minimum absolute atomic E-state index is 0.0504. The fourth-order valence-corrected chi connectivity index (χ4v) is 4.78. The summed E-state index contributed by atoms with van der Waals surface area (Å²) in [6.07, 6.45) is 4.20. The summed E-state index contributed by atoms with van der Waals surface area (Å²) in [5, 5.41) is 10.6. The maximum absolute atomic E-state index is 13.5. The van der Waals surface area contributed by atoms with Crippen LogP contribution in [0.1, 0.15) is 46.6 Å². The molecule has 3 heterocycles. The number of fused-ring (bicyclic) bond motifs is 3. The lowest BCUT2D eigenvalue weighted by Crippen LogP contribution is -2.46. The zero-order valence-corrected chi connectivity index (χ0v) is 24.8. The van der Waals surface area contributed by atoms with Gasteiger partial charge in [0.05, 0.1) is 32.4 Å². The maximum Gasteiger partial charge on any atom is 0.274 e. The van der Waals surface area contributed by atoms with Crippen LogP contribution in [0.15, 0.2) is 67.1 Å². The highest BCUT2D eigenvalue weighted by atomic mass is 16.5. The Labute approximate surface area is 254 Å². The Morgan fingerprint density at radius 2 is 1.89 bits per heavy atom. The molecule has 2 aromatic carbocycles. The molecule has 0 spiro atoms. The van der Waals surface area contributed by atoms with Gasteiger partial charge in [-0.3, -0.25) is 19.4 Å². The van der Waals surface area contributed by atoms with Gasteiger partial charge in [0.25, 0.3) is 11.8 Å². The van der Waals surface area contributed by atoms with E-state index in [2.05, 4.69) is 20.6 Å². The molecule has 2 aromatic heterocycles. The second-order valence-corrected chi connectivity index (χ2v) is 10.5. The van der Waals surface area contributed by atoms with E-state index in [0.29, 0.717) is 35.3 Å². The van der Waals surface area contributed by atoms with E-state index in [1.165, 1.54) is 30.6 Å². The number of benzene rings is 2. The second kappa shape index (κ2) is 13.8. The smallest absolute Gasteiger partial charge is 0.274 e. The van der Waals surface area contributed by atoms with Crippen LogP contribution in [0.2, 0.25) is 0 Å². The van der Waals surface area contributed by atoms with Gasteiger partial charge in [-0.2, -0.15) is 5.10 Å². The molecule has 0 aliphatic carbocycles. The number of aromatic nitrogens is 5. The third-order valence-electron chi connectivity index (χ3n) is 7.05. The molecule has 44 heavy (non-hydrogen) atoms. The van der Waals surface area contributed by atoms with Crippen LogP contribution in [0.4, 0.5) is 0 Å². The molecule has 1 aliphatic heterocycles. The number of ether oxygens (including phenoxy) is 2. The van der Waals surface area contributed by atoms with Crippen molar-refractivity contribution in [3.05, 3.63) is 84.2 Å². The number of carbonyl (C=O) groups is 3. The number of rotatable bonds is 4. The van der Waals surface area contributed by atoms with Crippen molar-refractivity contribution in [2.45, 2.75) is 26.4 Å². The van der Waals surface area contributed by atoms with Gasteiger partial charge < -0.3 is 25.0 Å². The molecular weight excluding hydrogens is 564 g/mol. The van der Waals surface area contributed by atoms with E-state index in [0.717, 1.165) is 5.56 Å². The molecule has 2 bridgehead atoms. The largest absolute Gasteiger partial charge is 0.493 e. The molecular formula is C31H34N8O5. The maximum atomic E-state index is 13.5. The molecule has 0 radical (unpaired) electrons. The van der Waals surface area contributed by atoms with Gasteiger partial charge in [-0.1, -0.05) is 44.2 Å². The Balaban J connectivity index is 1.53. The minimum atomic E-state index is -0.533. The molecule has 5 rings (SSSR count). The minimum Gasteiger partial charge on any atom is -0.493 e. The van der Waals surface area contributed by atoms with Gasteiger partial charge in [0, 0.05) is 36.6 Å². The van der Waals surface area contributed by atoms with Gasteiger partial charge in [0.1, 0.15) is 12.3 Å². The first-order chi connectivity index (χ1) is 21.3. The first kappa shape index (κ1) is 30.1. The summed E-state index contributed by atoms with van der Waals surface area (Å²) in [5.41, 5.74) is 1.26. The van der Waals surface area contributed by atoms with Gasteiger partial charge in [-0.05, 0) is 24.1 Å². The SMILES string of the molecule is COc1ccc2cc1OCCn1nc(-c3ccccc3)nc1[C@@H](C(C)C)NC(=O)CN(C(=O)c1cnccn1)CCNC2=O. The van der Waals surface area contributed by atoms with Crippen LogP contribution in [0, 0.1) is 5.92 Å².